The van der Waals surface area contributed by atoms with Crippen molar-refractivity contribution in [3.63, 3.8) is 0 Å². The first kappa shape index (κ1) is 17.4. The van der Waals surface area contributed by atoms with Crippen molar-refractivity contribution in [2.45, 2.75) is 49.1 Å². The van der Waals surface area contributed by atoms with Crippen molar-refractivity contribution in [2.75, 3.05) is 19.6 Å². The molecule has 2 N–H and O–H groups in total. The van der Waals surface area contributed by atoms with E-state index in [0.717, 1.165) is 32.2 Å². The molecule has 1 aromatic carbocycles. The average molecular weight is 351 g/mol. The van der Waals surface area contributed by atoms with Crippen LogP contribution in [0.4, 0.5) is 0 Å². The van der Waals surface area contributed by atoms with Crippen LogP contribution in [0, 0.1) is 0 Å². The van der Waals surface area contributed by atoms with Gasteiger partial charge in [0.15, 0.2) is 0 Å². The lowest BCUT2D eigenvalue weighted by Gasteiger charge is -2.33. The molecule has 6 nitrogen and oxygen atoms in total. The first-order valence-corrected chi connectivity index (χ1v) is 10.1. The molecule has 3 rings (SSSR count). The highest BCUT2D eigenvalue weighted by Crippen LogP contribution is 2.25. The Balaban J connectivity index is 1.71. The third-order valence-electron chi connectivity index (χ3n) is 4.79. The summed E-state index contributed by atoms with van der Waals surface area (Å²) >= 11 is 0. The average Bonchev–Trinajstić information content (AvgIpc) is 3.14. The Kier molecular flexibility index (Phi) is 5.53. The molecule has 0 radical (unpaired) electrons. The van der Waals surface area contributed by atoms with E-state index in [-0.39, 0.29) is 10.8 Å². The number of hydrogen-bond acceptors (Lipinski definition) is 4. The maximum absolute atomic E-state index is 12.9. The molecule has 7 heteroatoms. The van der Waals surface area contributed by atoms with Crippen molar-refractivity contribution >= 4 is 15.9 Å². The van der Waals surface area contributed by atoms with Gasteiger partial charge < -0.3 is 10.6 Å². The highest BCUT2D eigenvalue weighted by molar-refractivity contribution is 7.89. The highest BCUT2D eigenvalue weighted by atomic mass is 32.2. The van der Waals surface area contributed by atoms with E-state index < -0.39 is 16.1 Å². The predicted octanol–water partition coefficient (Wildman–Crippen LogP) is 1.10. The van der Waals surface area contributed by atoms with E-state index >= 15 is 0 Å². The van der Waals surface area contributed by atoms with E-state index in [1.165, 1.54) is 4.31 Å². The highest BCUT2D eigenvalue weighted by Gasteiger charge is 2.37. The lowest BCUT2D eigenvalue weighted by molar-refractivity contribution is -0.125. The Labute approximate surface area is 143 Å². The third kappa shape index (κ3) is 3.79. The summed E-state index contributed by atoms with van der Waals surface area (Å²) in [6, 6.07) is 8.06. The quantitative estimate of drug-likeness (QED) is 0.833. The van der Waals surface area contributed by atoms with E-state index in [0.29, 0.717) is 25.6 Å². The largest absolute Gasteiger partial charge is 0.353 e. The number of nitrogens with one attached hydrogen (secondary N) is 2. The molecule has 2 aliphatic heterocycles. The van der Waals surface area contributed by atoms with Crippen LogP contribution in [0.2, 0.25) is 0 Å². The van der Waals surface area contributed by atoms with Gasteiger partial charge in [-0.25, -0.2) is 8.42 Å². The number of carbonyl (C=O) groups is 1. The van der Waals surface area contributed by atoms with Crippen molar-refractivity contribution in [3.8, 4) is 0 Å². The van der Waals surface area contributed by atoms with Gasteiger partial charge >= 0.3 is 0 Å². The molecule has 2 heterocycles. The standard InChI is InChI=1S/C17H25N3O3S/c21-17(19-13-14-7-6-11-18-14)16-10-4-5-12-20(16)24(22,23)15-8-2-1-3-9-15/h1-3,8-9,14,16,18H,4-7,10-13H2,(H,19,21). The molecule has 2 aliphatic rings. The second kappa shape index (κ2) is 7.63. The van der Waals surface area contributed by atoms with Gasteiger partial charge in [-0.15, -0.1) is 0 Å². The van der Waals surface area contributed by atoms with Gasteiger partial charge in [0.25, 0.3) is 0 Å². The molecule has 1 aromatic rings. The van der Waals surface area contributed by atoms with E-state index in [1.807, 2.05) is 0 Å². The molecule has 0 aromatic heterocycles. The molecule has 132 valence electrons. The van der Waals surface area contributed by atoms with Crippen LogP contribution in [0.5, 0.6) is 0 Å². The molecule has 0 saturated carbocycles. The van der Waals surface area contributed by atoms with Crippen molar-refractivity contribution in [1.29, 1.82) is 0 Å². The summed E-state index contributed by atoms with van der Waals surface area (Å²) in [5.74, 6) is -0.178. The summed E-state index contributed by atoms with van der Waals surface area (Å²) in [5, 5.41) is 6.28. The zero-order valence-electron chi connectivity index (χ0n) is 13.8. The van der Waals surface area contributed by atoms with Crippen molar-refractivity contribution < 1.29 is 13.2 Å². The first-order valence-electron chi connectivity index (χ1n) is 8.67. The number of nitrogens with zero attached hydrogens (tertiary/aromatic N) is 1. The summed E-state index contributed by atoms with van der Waals surface area (Å²) in [6.45, 7) is 1.95. The van der Waals surface area contributed by atoms with Crippen molar-refractivity contribution in [1.82, 2.24) is 14.9 Å². The van der Waals surface area contributed by atoms with Gasteiger partial charge in [0, 0.05) is 19.1 Å². The molecular formula is C17H25N3O3S. The summed E-state index contributed by atoms with van der Waals surface area (Å²) in [4.78, 5) is 12.9. The minimum Gasteiger partial charge on any atom is -0.353 e. The number of carbonyl (C=O) groups excluding carboxylic acids is 1. The number of hydrogen-bond donors (Lipinski definition) is 2. The van der Waals surface area contributed by atoms with Crippen LogP contribution in [0.1, 0.15) is 32.1 Å². The Morgan fingerprint density at radius 3 is 2.67 bits per heavy atom. The van der Waals surface area contributed by atoms with Gasteiger partial charge in [-0.1, -0.05) is 24.6 Å². The van der Waals surface area contributed by atoms with Crippen LogP contribution in [0.3, 0.4) is 0 Å². The molecule has 24 heavy (non-hydrogen) atoms. The first-order chi connectivity index (χ1) is 11.6. The molecule has 2 atom stereocenters. The van der Waals surface area contributed by atoms with Gasteiger partial charge in [-0.3, -0.25) is 4.79 Å². The van der Waals surface area contributed by atoms with Gasteiger partial charge in [0.1, 0.15) is 6.04 Å². The van der Waals surface area contributed by atoms with E-state index in [9.17, 15) is 13.2 Å². The van der Waals surface area contributed by atoms with Crippen LogP contribution >= 0.6 is 0 Å². The second-order valence-electron chi connectivity index (χ2n) is 6.48. The fourth-order valence-corrected chi connectivity index (χ4v) is 5.13. The topological polar surface area (TPSA) is 78.5 Å². The lowest BCUT2D eigenvalue weighted by Crippen LogP contribution is -2.53. The monoisotopic (exact) mass is 351 g/mol. The number of rotatable bonds is 5. The van der Waals surface area contributed by atoms with Crippen LogP contribution in [-0.4, -0.2) is 50.3 Å². The van der Waals surface area contributed by atoms with Crippen LogP contribution in [-0.2, 0) is 14.8 Å². The Bertz CT molecular complexity index is 657. The van der Waals surface area contributed by atoms with Crippen molar-refractivity contribution in [3.05, 3.63) is 30.3 Å². The summed E-state index contributed by atoms with van der Waals surface area (Å²) in [5.41, 5.74) is 0. The van der Waals surface area contributed by atoms with Crippen LogP contribution < -0.4 is 10.6 Å². The molecule has 1 amide bonds. The predicted molar refractivity (Wildman–Crippen MR) is 92.0 cm³/mol. The maximum Gasteiger partial charge on any atom is 0.243 e. The lowest BCUT2D eigenvalue weighted by atomic mass is 10.0. The zero-order valence-corrected chi connectivity index (χ0v) is 14.6. The Morgan fingerprint density at radius 1 is 1.17 bits per heavy atom. The number of benzene rings is 1. The van der Waals surface area contributed by atoms with Crippen LogP contribution in [0.25, 0.3) is 0 Å². The van der Waals surface area contributed by atoms with Gasteiger partial charge in [-0.05, 0) is 44.4 Å². The van der Waals surface area contributed by atoms with Gasteiger partial charge in [-0.2, -0.15) is 4.31 Å². The van der Waals surface area contributed by atoms with E-state index in [4.69, 9.17) is 0 Å². The smallest absolute Gasteiger partial charge is 0.243 e. The van der Waals surface area contributed by atoms with Gasteiger partial charge in [0.05, 0.1) is 4.90 Å². The summed E-state index contributed by atoms with van der Waals surface area (Å²) in [7, 11) is -3.64. The Morgan fingerprint density at radius 2 is 1.96 bits per heavy atom. The fraction of sp³-hybridized carbons (Fsp3) is 0.588. The molecular weight excluding hydrogens is 326 g/mol. The number of sulfonamides is 1. The molecule has 0 bridgehead atoms. The molecule has 0 aliphatic carbocycles. The number of amides is 1. The third-order valence-corrected chi connectivity index (χ3v) is 6.71. The SMILES string of the molecule is O=C(NCC1CCCN1)C1CCCCN1S(=O)(=O)c1ccccc1. The molecule has 2 fully saturated rings. The Hall–Kier alpha value is -1.44. The zero-order chi connectivity index (χ0) is 17.0. The molecule has 2 saturated heterocycles. The van der Waals surface area contributed by atoms with E-state index in [2.05, 4.69) is 10.6 Å². The maximum atomic E-state index is 12.9. The summed E-state index contributed by atoms with van der Waals surface area (Å²) in [6.07, 6.45) is 4.42. The minimum atomic E-state index is -3.64. The number of piperidine rings is 1. The summed E-state index contributed by atoms with van der Waals surface area (Å²) < 4.78 is 27.2. The second-order valence-corrected chi connectivity index (χ2v) is 8.37. The van der Waals surface area contributed by atoms with Crippen LogP contribution in [0.15, 0.2) is 35.2 Å². The molecule has 2 unspecified atom stereocenters. The van der Waals surface area contributed by atoms with Gasteiger partial charge in [0.2, 0.25) is 15.9 Å². The minimum absolute atomic E-state index is 0.178. The normalized spacial score (nSPS) is 25.5. The van der Waals surface area contributed by atoms with E-state index in [1.54, 1.807) is 30.3 Å². The molecule has 0 spiro atoms. The fourth-order valence-electron chi connectivity index (χ4n) is 3.46. The van der Waals surface area contributed by atoms with Crippen molar-refractivity contribution in [2.24, 2.45) is 0 Å².